The molecule has 2 aliphatic carbocycles. The van der Waals surface area contributed by atoms with E-state index in [0.29, 0.717) is 0 Å². The Kier molecular flexibility index (Phi) is 8.05. The van der Waals surface area contributed by atoms with Crippen molar-refractivity contribution < 1.29 is 0 Å². The maximum Gasteiger partial charge on any atom is 0.0465 e. The van der Waals surface area contributed by atoms with E-state index in [1.54, 1.807) is 0 Å². The van der Waals surface area contributed by atoms with Crippen molar-refractivity contribution in [2.24, 2.45) is 0 Å². The lowest BCUT2D eigenvalue weighted by molar-refractivity contribution is 0.660. The maximum absolute atomic E-state index is 2.43. The zero-order valence-corrected chi connectivity index (χ0v) is 29.8. The molecule has 0 radical (unpaired) electrons. The summed E-state index contributed by atoms with van der Waals surface area (Å²) < 4.78 is 0. The molecule has 0 saturated carbocycles. The third-order valence-corrected chi connectivity index (χ3v) is 10.9. The maximum atomic E-state index is 2.43. The molecule has 2 aliphatic rings. The summed E-state index contributed by atoms with van der Waals surface area (Å²) in [6, 6.07) is 62.3. The van der Waals surface area contributed by atoms with Gasteiger partial charge in [-0.3, -0.25) is 0 Å². The van der Waals surface area contributed by atoms with Gasteiger partial charge in [0, 0.05) is 22.5 Å². The molecule has 0 amide bonds. The van der Waals surface area contributed by atoms with Crippen LogP contribution in [-0.2, 0) is 5.41 Å². The van der Waals surface area contributed by atoms with E-state index in [9.17, 15) is 0 Å². The second-order valence-corrected chi connectivity index (χ2v) is 14.5. The molecule has 0 fully saturated rings. The first-order valence-corrected chi connectivity index (χ1v) is 18.4. The average Bonchev–Trinajstić information content (AvgIpc) is 3.44. The summed E-state index contributed by atoms with van der Waals surface area (Å²) in [7, 11) is 0. The highest BCUT2D eigenvalue weighted by atomic mass is 15.1. The highest BCUT2D eigenvalue weighted by molar-refractivity contribution is 5.88. The molecule has 0 saturated heterocycles. The number of hydrogen-bond donors (Lipinski definition) is 0. The Morgan fingerprint density at radius 3 is 1.40 bits per heavy atom. The number of fused-ring (bicyclic) bond motifs is 3. The lowest BCUT2D eigenvalue weighted by Crippen LogP contribution is -2.16. The highest BCUT2D eigenvalue weighted by Gasteiger charge is 2.36. The second-order valence-electron chi connectivity index (χ2n) is 14.5. The zero-order chi connectivity index (χ0) is 35.1. The lowest BCUT2D eigenvalue weighted by atomic mass is 9.81. The van der Waals surface area contributed by atoms with Crippen LogP contribution in [0.4, 0.5) is 17.1 Å². The Hall–Kier alpha value is -6.18. The van der Waals surface area contributed by atoms with Crippen LogP contribution in [-0.4, -0.2) is 0 Å². The molecule has 0 heterocycles. The Bertz CT molecular complexity index is 2430. The van der Waals surface area contributed by atoms with Gasteiger partial charge in [-0.2, -0.15) is 0 Å². The summed E-state index contributed by atoms with van der Waals surface area (Å²) in [5.74, 6) is 0. The van der Waals surface area contributed by atoms with E-state index in [4.69, 9.17) is 0 Å². The molecular weight excluding hydrogens is 627 g/mol. The predicted octanol–water partition coefficient (Wildman–Crippen LogP) is 14.2. The Morgan fingerprint density at radius 2 is 0.846 bits per heavy atom. The molecule has 250 valence electrons. The first-order valence-electron chi connectivity index (χ1n) is 18.4. The van der Waals surface area contributed by atoms with Gasteiger partial charge in [0.25, 0.3) is 0 Å². The number of hydrogen-bond acceptors (Lipinski definition) is 1. The van der Waals surface area contributed by atoms with E-state index in [0.717, 1.165) is 29.9 Å². The number of anilines is 3. The van der Waals surface area contributed by atoms with E-state index in [-0.39, 0.29) is 5.41 Å². The molecule has 1 heteroatoms. The average molecular weight is 668 g/mol. The summed E-state index contributed by atoms with van der Waals surface area (Å²) in [5, 5.41) is 0. The molecule has 0 aromatic heterocycles. The summed E-state index contributed by atoms with van der Waals surface area (Å²) in [6.45, 7) is 4.76. The van der Waals surface area contributed by atoms with Crippen LogP contribution >= 0.6 is 0 Å². The van der Waals surface area contributed by atoms with Gasteiger partial charge >= 0.3 is 0 Å². The molecule has 0 N–H and O–H groups in total. The fourth-order valence-corrected chi connectivity index (χ4v) is 8.04. The normalized spacial score (nSPS) is 14.0. The number of benzene rings is 7. The van der Waals surface area contributed by atoms with Gasteiger partial charge in [0.2, 0.25) is 0 Å². The number of allylic oxidation sites excluding steroid dienone is 4. The Balaban J connectivity index is 1.08. The summed E-state index contributed by atoms with van der Waals surface area (Å²) in [5.41, 5.74) is 18.6. The molecule has 1 nitrogen and oxygen atoms in total. The smallest absolute Gasteiger partial charge is 0.0465 e. The minimum Gasteiger partial charge on any atom is -0.310 e. The predicted molar refractivity (Wildman–Crippen MR) is 221 cm³/mol. The van der Waals surface area contributed by atoms with E-state index in [1.807, 2.05) is 0 Å². The molecule has 7 aromatic rings. The molecule has 7 aromatic carbocycles. The van der Waals surface area contributed by atoms with Crippen LogP contribution in [0.15, 0.2) is 188 Å². The molecule has 52 heavy (non-hydrogen) atoms. The van der Waals surface area contributed by atoms with Crippen molar-refractivity contribution in [1.82, 2.24) is 0 Å². The van der Waals surface area contributed by atoms with Crippen LogP contribution in [0.2, 0.25) is 0 Å². The summed E-state index contributed by atoms with van der Waals surface area (Å²) in [4.78, 5) is 2.41. The van der Waals surface area contributed by atoms with Crippen molar-refractivity contribution in [1.29, 1.82) is 0 Å². The quantitative estimate of drug-likeness (QED) is 0.164. The summed E-state index contributed by atoms with van der Waals surface area (Å²) >= 11 is 0. The van der Waals surface area contributed by atoms with Crippen molar-refractivity contribution in [3.05, 3.63) is 205 Å². The van der Waals surface area contributed by atoms with Crippen molar-refractivity contribution in [3.63, 3.8) is 0 Å². The fourth-order valence-electron chi connectivity index (χ4n) is 8.04. The monoisotopic (exact) mass is 667 g/mol. The van der Waals surface area contributed by atoms with Crippen LogP contribution in [0.3, 0.4) is 0 Å². The molecular formula is C51H41N. The topological polar surface area (TPSA) is 3.24 Å². The SMILES string of the molecule is CC1(C)c2cc(-c3ccc(-c4ccccc4)cc3)ccc2-c2ccc(N(c3ccc(C4=CCCC=C4)cc3)c3ccc(-c4ccccc4)cc3)cc21. The lowest BCUT2D eigenvalue weighted by Gasteiger charge is -2.28. The molecule has 0 bridgehead atoms. The second kappa shape index (κ2) is 13.2. The van der Waals surface area contributed by atoms with Crippen molar-refractivity contribution in [2.45, 2.75) is 32.1 Å². The molecule has 0 spiro atoms. The van der Waals surface area contributed by atoms with Gasteiger partial charge in [0.05, 0.1) is 0 Å². The van der Waals surface area contributed by atoms with Gasteiger partial charge in [-0.25, -0.2) is 0 Å². The minimum absolute atomic E-state index is 0.160. The van der Waals surface area contributed by atoms with E-state index < -0.39 is 0 Å². The first-order chi connectivity index (χ1) is 25.5. The van der Waals surface area contributed by atoms with Gasteiger partial charge in [0.15, 0.2) is 0 Å². The van der Waals surface area contributed by atoms with E-state index >= 15 is 0 Å². The van der Waals surface area contributed by atoms with Crippen LogP contribution < -0.4 is 4.90 Å². The molecule has 0 atom stereocenters. The standard InChI is InChI=1S/C51H41N/c1-51(2)49-34-43(42-20-18-39(19-21-42)36-12-6-3-7-13-36)26-32-47(49)48-33-31-46(35-50(48)51)52(44-27-22-40(23-28-44)37-14-8-4-9-15-37)45-29-24-41(25-30-45)38-16-10-5-11-17-38/h3-4,6-10,12-35H,5,11H2,1-2H3. The van der Waals surface area contributed by atoms with Crippen molar-refractivity contribution in [3.8, 4) is 44.5 Å². The zero-order valence-electron chi connectivity index (χ0n) is 29.8. The summed E-state index contributed by atoms with van der Waals surface area (Å²) in [6.07, 6.45) is 9.10. The van der Waals surface area contributed by atoms with Gasteiger partial charge < -0.3 is 4.90 Å². The first kappa shape index (κ1) is 31.8. The molecule has 0 unspecified atom stereocenters. The van der Waals surface area contributed by atoms with E-state index in [1.165, 1.54) is 66.8 Å². The van der Waals surface area contributed by atoms with E-state index in [2.05, 4.69) is 207 Å². The van der Waals surface area contributed by atoms with Crippen molar-refractivity contribution >= 4 is 22.6 Å². The minimum atomic E-state index is -0.160. The van der Waals surface area contributed by atoms with Gasteiger partial charge in [-0.1, -0.05) is 159 Å². The van der Waals surface area contributed by atoms with Gasteiger partial charge in [-0.15, -0.1) is 0 Å². The third-order valence-electron chi connectivity index (χ3n) is 10.9. The van der Waals surface area contributed by atoms with Crippen molar-refractivity contribution in [2.75, 3.05) is 4.90 Å². The van der Waals surface area contributed by atoms with Crippen LogP contribution in [0.5, 0.6) is 0 Å². The number of nitrogens with zero attached hydrogens (tertiary/aromatic N) is 1. The molecule has 0 aliphatic heterocycles. The third kappa shape index (κ3) is 5.79. The van der Waals surface area contributed by atoms with Gasteiger partial charge in [0.1, 0.15) is 0 Å². The van der Waals surface area contributed by atoms with Crippen LogP contribution in [0, 0.1) is 0 Å². The van der Waals surface area contributed by atoms with Crippen LogP contribution in [0.25, 0.3) is 50.1 Å². The highest BCUT2D eigenvalue weighted by Crippen LogP contribution is 2.51. The number of rotatable bonds is 7. The van der Waals surface area contributed by atoms with Gasteiger partial charge in [-0.05, 0) is 122 Å². The Morgan fingerprint density at radius 1 is 0.404 bits per heavy atom. The Labute approximate surface area is 307 Å². The van der Waals surface area contributed by atoms with Crippen LogP contribution in [0.1, 0.15) is 43.4 Å². The molecule has 9 rings (SSSR count). The fraction of sp³-hybridized carbons (Fsp3) is 0.0980. The largest absolute Gasteiger partial charge is 0.310 e.